The van der Waals surface area contributed by atoms with Crippen LogP contribution >= 0.6 is 0 Å². The van der Waals surface area contributed by atoms with E-state index in [4.69, 9.17) is 0 Å². The van der Waals surface area contributed by atoms with Crippen LogP contribution in [0.1, 0.15) is 93.4 Å². The van der Waals surface area contributed by atoms with Crippen LogP contribution in [0.2, 0.25) is 0 Å². The van der Waals surface area contributed by atoms with E-state index >= 15 is 0 Å². The van der Waals surface area contributed by atoms with Gasteiger partial charge in [-0.05, 0) is 36.0 Å². The van der Waals surface area contributed by atoms with E-state index in [1.54, 1.807) is 0 Å². The molecule has 0 rings (SSSR count). The molecule has 0 aromatic heterocycles. The van der Waals surface area contributed by atoms with Crippen molar-refractivity contribution in [3.8, 4) is 0 Å². The highest BCUT2D eigenvalue weighted by Gasteiger charge is 2.19. The van der Waals surface area contributed by atoms with Gasteiger partial charge in [0, 0.05) is 0 Å². The van der Waals surface area contributed by atoms with Crippen LogP contribution in [0.25, 0.3) is 0 Å². The molecule has 19 heavy (non-hydrogen) atoms. The van der Waals surface area contributed by atoms with Crippen molar-refractivity contribution in [2.24, 2.45) is 29.6 Å². The van der Waals surface area contributed by atoms with Crippen LogP contribution in [-0.4, -0.2) is 0 Å². The standard InChI is InChI=1S/C19H40/c1-8-10-15(3)12-13-17(5)19(7)14-18(6)16(4)11-9-2/h15-19H,8-14H2,1-7H3. The maximum atomic E-state index is 2.48. The van der Waals surface area contributed by atoms with Gasteiger partial charge in [0.25, 0.3) is 0 Å². The Labute approximate surface area is 123 Å². The fourth-order valence-electron chi connectivity index (χ4n) is 3.26. The van der Waals surface area contributed by atoms with Crippen LogP contribution in [0.5, 0.6) is 0 Å². The van der Waals surface area contributed by atoms with Crippen molar-refractivity contribution in [2.45, 2.75) is 93.4 Å². The minimum Gasteiger partial charge on any atom is -0.0654 e. The average Bonchev–Trinajstić information content (AvgIpc) is 2.36. The summed E-state index contributed by atoms with van der Waals surface area (Å²) >= 11 is 0. The smallest absolute Gasteiger partial charge is 0.0414 e. The Morgan fingerprint density at radius 3 is 1.47 bits per heavy atom. The molecule has 0 saturated heterocycles. The highest BCUT2D eigenvalue weighted by molar-refractivity contribution is 4.70. The molecule has 0 aliphatic rings. The van der Waals surface area contributed by atoms with E-state index in [1.807, 2.05) is 0 Å². The Kier molecular flexibility index (Phi) is 10.7. The van der Waals surface area contributed by atoms with Crippen LogP contribution < -0.4 is 0 Å². The highest BCUT2D eigenvalue weighted by Crippen LogP contribution is 2.30. The van der Waals surface area contributed by atoms with Crippen LogP contribution in [0, 0.1) is 29.6 Å². The van der Waals surface area contributed by atoms with Crippen molar-refractivity contribution in [3.63, 3.8) is 0 Å². The molecule has 0 spiro atoms. The van der Waals surface area contributed by atoms with Gasteiger partial charge < -0.3 is 0 Å². The Morgan fingerprint density at radius 2 is 1.00 bits per heavy atom. The van der Waals surface area contributed by atoms with Gasteiger partial charge in [0.1, 0.15) is 0 Å². The van der Waals surface area contributed by atoms with Gasteiger partial charge in [-0.1, -0.05) is 87.0 Å². The summed E-state index contributed by atoms with van der Waals surface area (Å²) in [4.78, 5) is 0. The molecular weight excluding hydrogens is 228 g/mol. The first-order valence-corrected chi connectivity index (χ1v) is 8.92. The molecule has 0 radical (unpaired) electrons. The highest BCUT2D eigenvalue weighted by atomic mass is 14.2. The molecule has 0 aromatic rings. The minimum absolute atomic E-state index is 0.892. The fraction of sp³-hybridized carbons (Fsp3) is 1.00. The molecule has 0 aromatic carbocycles. The SMILES string of the molecule is CCCC(C)CCC(C)C(C)CC(C)C(C)CCC. The molecule has 0 heteroatoms. The first kappa shape index (κ1) is 19.0. The maximum absolute atomic E-state index is 2.48. The quantitative estimate of drug-likeness (QED) is 0.381. The van der Waals surface area contributed by atoms with Crippen molar-refractivity contribution in [1.82, 2.24) is 0 Å². The number of rotatable bonds is 11. The minimum atomic E-state index is 0.892. The van der Waals surface area contributed by atoms with Crippen molar-refractivity contribution in [3.05, 3.63) is 0 Å². The molecule has 0 nitrogen and oxygen atoms in total. The molecule has 0 N–H and O–H groups in total. The molecule has 0 heterocycles. The third-order valence-corrected chi connectivity index (χ3v) is 5.33. The molecular formula is C19H40. The van der Waals surface area contributed by atoms with Crippen molar-refractivity contribution < 1.29 is 0 Å². The topological polar surface area (TPSA) is 0 Å². The number of hydrogen-bond donors (Lipinski definition) is 0. The van der Waals surface area contributed by atoms with Crippen LogP contribution in [0.4, 0.5) is 0 Å². The van der Waals surface area contributed by atoms with E-state index < -0.39 is 0 Å². The lowest BCUT2D eigenvalue weighted by Crippen LogP contribution is -2.17. The van der Waals surface area contributed by atoms with Gasteiger partial charge in [-0.25, -0.2) is 0 Å². The molecule has 116 valence electrons. The third-order valence-electron chi connectivity index (χ3n) is 5.33. The van der Waals surface area contributed by atoms with Gasteiger partial charge in [0.05, 0.1) is 0 Å². The zero-order valence-electron chi connectivity index (χ0n) is 14.8. The second kappa shape index (κ2) is 10.7. The van der Waals surface area contributed by atoms with Gasteiger partial charge >= 0.3 is 0 Å². The van der Waals surface area contributed by atoms with Crippen LogP contribution in [0.3, 0.4) is 0 Å². The zero-order chi connectivity index (χ0) is 14.8. The summed E-state index contributed by atoms with van der Waals surface area (Å²) in [6.45, 7) is 16.9. The Hall–Kier alpha value is 0. The maximum Gasteiger partial charge on any atom is -0.0414 e. The predicted octanol–water partition coefficient (Wildman–Crippen LogP) is 6.94. The van der Waals surface area contributed by atoms with E-state index in [-0.39, 0.29) is 0 Å². The lowest BCUT2D eigenvalue weighted by molar-refractivity contribution is 0.237. The van der Waals surface area contributed by atoms with Gasteiger partial charge in [-0.2, -0.15) is 0 Å². The Balaban J connectivity index is 3.95. The van der Waals surface area contributed by atoms with Gasteiger partial charge in [-0.3, -0.25) is 0 Å². The van der Waals surface area contributed by atoms with E-state index in [1.165, 1.54) is 44.9 Å². The third kappa shape index (κ3) is 8.71. The van der Waals surface area contributed by atoms with Crippen molar-refractivity contribution in [1.29, 1.82) is 0 Å². The van der Waals surface area contributed by atoms with Crippen LogP contribution in [-0.2, 0) is 0 Å². The average molecular weight is 269 g/mol. The molecule has 5 atom stereocenters. The largest absolute Gasteiger partial charge is 0.0654 e. The second-order valence-electron chi connectivity index (χ2n) is 7.40. The Bertz CT molecular complexity index is 196. The summed E-state index contributed by atoms with van der Waals surface area (Å²) in [6.07, 6.45) is 9.77. The van der Waals surface area contributed by atoms with E-state index in [0.717, 1.165) is 29.6 Å². The summed E-state index contributed by atoms with van der Waals surface area (Å²) in [5.74, 6) is 4.51. The van der Waals surface area contributed by atoms with Gasteiger partial charge in [0.15, 0.2) is 0 Å². The lowest BCUT2D eigenvalue weighted by atomic mass is 9.79. The molecule has 0 amide bonds. The van der Waals surface area contributed by atoms with E-state index in [9.17, 15) is 0 Å². The van der Waals surface area contributed by atoms with Gasteiger partial charge in [0.2, 0.25) is 0 Å². The van der Waals surface area contributed by atoms with Crippen molar-refractivity contribution in [2.75, 3.05) is 0 Å². The molecule has 0 bridgehead atoms. The fourth-order valence-corrected chi connectivity index (χ4v) is 3.26. The first-order chi connectivity index (χ1) is 8.92. The molecule has 5 unspecified atom stereocenters. The predicted molar refractivity (Wildman–Crippen MR) is 89.5 cm³/mol. The summed E-state index contributed by atoms with van der Waals surface area (Å²) in [7, 11) is 0. The van der Waals surface area contributed by atoms with E-state index in [0.29, 0.717) is 0 Å². The Morgan fingerprint density at radius 1 is 0.526 bits per heavy atom. The molecule has 0 aliphatic carbocycles. The van der Waals surface area contributed by atoms with E-state index in [2.05, 4.69) is 48.5 Å². The van der Waals surface area contributed by atoms with Crippen molar-refractivity contribution >= 4 is 0 Å². The second-order valence-corrected chi connectivity index (χ2v) is 7.40. The molecule has 0 aliphatic heterocycles. The summed E-state index contributed by atoms with van der Waals surface area (Å²) < 4.78 is 0. The molecule has 0 fully saturated rings. The summed E-state index contributed by atoms with van der Waals surface area (Å²) in [5.41, 5.74) is 0. The zero-order valence-corrected chi connectivity index (χ0v) is 14.8. The first-order valence-electron chi connectivity index (χ1n) is 8.92. The van der Waals surface area contributed by atoms with Crippen LogP contribution in [0.15, 0.2) is 0 Å². The molecule has 0 saturated carbocycles. The van der Waals surface area contributed by atoms with Gasteiger partial charge in [-0.15, -0.1) is 0 Å². The monoisotopic (exact) mass is 268 g/mol. The normalized spacial score (nSPS) is 19.7. The summed E-state index contributed by atoms with van der Waals surface area (Å²) in [6, 6.07) is 0. The number of hydrogen-bond acceptors (Lipinski definition) is 0. The lowest BCUT2D eigenvalue weighted by Gasteiger charge is -2.27. The summed E-state index contributed by atoms with van der Waals surface area (Å²) in [5, 5.41) is 0.